The number of carbonyl (C=O) groups excluding carboxylic acids is 3. The number of methoxy groups -OCH3 is 2. The van der Waals surface area contributed by atoms with E-state index in [2.05, 4.69) is 10.6 Å². The molecule has 1 aromatic heterocycles. The third-order valence-corrected chi connectivity index (χ3v) is 6.26. The van der Waals surface area contributed by atoms with Crippen LogP contribution in [0, 0.1) is 5.82 Å². The molecule has 2 atom stereocenters. The summed E-state index contributed by atoms with van der Waals surface area (Å²) in [4.78, 5) is 41.0. The third-order valence-electron chi connectivity index (χ3n) is 6.26. The fourth-order valence-electron chi connectivity index (χ4n) is 4.36. The summed E-state index contributed by atoms with van der Waals surface area (Å²) in [6, 6.07) is 11.9. The van der Waals surface area contributed by atoms with Crippen LogP contribution in [0.4, 0.5) is 10.1 Å². The summed E-state index contributed by atoms with van der Waals surface area (Å²) in [6.07, 6.45) is 2.88. The van der Waals surface area contributed by atoms with Crippen molar-refractivity contribution in [2.24, 2.45) is 0 Å². The maximum atomic E-state index is 14.4. The van der Waals surface area contributed by atoms with Gasteiger partial charge in [0, 0.05) is 18.8 Å². The summed E-state index contributed by atoms with van der Waals surface area (Å²) in [5, 5.41) is 5.37. The zero-order valence-corrected chi connectivity index (χ0v) is 21.6. The zero-order valence-electron chi connectivity index (χ0n) is 21.6. The predicted molar refractivity (Wildman–Crippen MR) is 139 cm³/mol. The fraction of sp³-hybridized carbons (Fsp3) is 0.321. The number of hydrogen-bond acceptors (Lipinski definition) is 7. The number of furan rings is 1. The SMILES string of the molecule is COc1ccc([C@@H](C(=O)NC[C@H]2CCCO2)N(C(=O)CNC(=O)c2ccco2)c2cccc(F)c2)cc1OC. The minimum Gasteiger partial charge on any atom is -0.493 e. The molecule has 3 amide bonds. The minimum absolute atomic E-state index is 0.0193. The number of hydrogen-bond donors (Lipinski definition) is 2. The average molecular weight is 540 g/mol. The second kappa shape index (κ2) is 12.9. The number of amides is 3. The highest BCUT2D eigenvalue weighted by atomic mass is 19.1. The molecule has 0 bridgehead atoms. The summed E-state index contributed by atoms with van der Waals surface area (Å²) in [5.41, 5.74) is 0.506. The molecule has 39 heavy (non-hydrogen) atoms. The topological polar surface area (TPSA) is 119 Å². The van der Waals surface area contributed by atoms with Gasteiger partial charge < -0.3 is 29.3 Å². The quantitative estimate of drug-likeness (QED) is 0.384. The molecule has 11 heteroatoms. The molecule has 3 aromatic rings. The van der Waals surface area contributed by atoms with Gasteiger partial charge in [0.05, 0.1) is 33.1 Å². The molecule has 2 N–H and O–H groups in total. The Bertz CT molecular complexity index is 1290. The molecule has 1 saturated heterocycles. The van der Waals surface area contributed by atoms with Crippen LogP contribution in [0.2, 0.25) is 0 Å². The van der Waals surface area contributed by atoms with E-state index in [4.69, 9.17) is 18.6 Å². The van der Waals surface area contributed by atoms with Gasteiger partial charge in [0.15, 0.2) is 17.3 Å². The highest BCUT2D eigenvalue weighted by Gasteiger charge is 2.34. The van der Waals surface area contributed by atoms with Gasteiger partial charge in [0.1, 0.15) is 11.9 Å². The first-order valence-electron chi connectivity index (χ1n) is 12.4. The second-order valence-electron chi connectivity index (χ2n) is 8.80. The monoisotopic (exact) mass is 539 g/mol. The van der Waals surface area contributed by atoms with E-state index in [0.29, 0.717) is 23.7 Å². The van der Waals surface area contributed by atoms with Crippen LogP contribution in [0.3, 0.4) is 0 Å². The van der Waals surface area contributed by atoms with Gasteiger partial charge in [-0.2, -0.15) is 0 Å². The van der Waals surface area contributed by atoms with Crippen molar-refractivity contribution in [3.63, 3.8) is 0 Å². The molecule has 1 aliphatic rings. The van der Waals surface area contributed by atoms with Gasteiger partial charge in [-0.05, 0) is 60.9 Å². The van der Waals surface area contributed by atoms with Gasteiger partial charge in [0.25, 0.3) is 5.91 Å². The Morgan fingerprint density at radius 3 is 2.54 bits per heavy atom. The summed E-state index contributed by atoms with van der Waals surface area (Å²) in [5.74, 6) is -1.61. The summed E-state index contributed by atoms with van der Waals surface area (Å²) in [6.45, 7) is 0.366. The first-order valence-corrected chi connectivity index (χ1v) is 12.4. The Labute approximate surface area is 225 Å². The molecule has 0 radical (unpaired) electrons. The molecular formula is C28H30FN3O7. The summed E-state index contributed by atoms with van der Waals surface area (Å²) < 4.78 is 35.8. The Morgan fingerprint density at radius 2 is 1.87 bits per heavy atom. The van der Waals surface area contributed by atoms with Crippen LogP contribution in [-0.4, -0.2) is 57.7 Å². The normalized spacial score (nSPS) is 15.3. The maximum Gasteiger partial charge on any atom is 0.287 e. The molecule has 0 unspecified atom stereocenters. The van der Waals surface area contributed by atoms with E-state index in [1.54, 1.807) is 24.3 Å². The number of anilines is 1. The Morgan fingerprint density at radius 1 is 1.05 bits per heavy atom. The minimum atomic E-state index is -1.25. The van der Waals surface area contributed by atoms with Gasteiger partial charge in [-0.3, -0.25) is 19.3 Å². The van der Waals surface area contributed by atoms with Crippen LogP contribution in [0.1, 0.15) is 35.0 Å². The van der Waals surface area contributed by atoms with Gasteiger partial charge in [-0.1, -0.05) is 12.1 Å². The number of nitrogens with zero attached hydrogens (tertiary/aromatic N) is 1. The van der Waals surface area contributed by atoms with Crippen molar-refractivity contribution >= 4 is 23.4 Å². The molecular weight excluding hydrogens is 509 g/mol. The number of benzene rings is 2. The van der Waals surface area contributed by atoms with Crippen molar-refractivity contribution in [2.45, 2.75) is 25.0 Å². The lowest BCUT2D eigenvalue weighted by molar-refractivity contribution is -0.126. The first-order chi connectivity index (χ1) is 18.9. The number of carbonyl (C=O) groups is 3. The molecule has 0 saturated carbocycles. The Hall–Kier alpha value is -4.38. The van der Waals surface area contributed by atoms with Gasteiger partial charge in [-0.25, -0.2) is 4.39 Å². The summed E-state index contributed by atoms with van der Waals surface area (Å²) >= 11 is 0. The fourth-order valence-corrected chi connectivity index (χ4v) is 4.36. The van der Waals surface area contributed by atoms with E-state index in [9.17, 15) is 18.8 Å². The van der Waals surface area contributed by atoms with Crippen LogP contribution in [0.25, 0.3) is 0 Å². The highest BCUT2D eigenvalue weighted by molar-refractivity contribution is 6.04. The van der Waals surface area contributed by atoms with Crippen LogP contribution in [0.5, 0.6) is 11.5 Å². The van der Waals surface area contributed by atoms with Crippen LogP contribution in [-0.2, 0) is 14.3 Å². The molecule has 10 nitrogen and oxygen atoms in total. The lowest BCUT2D eigenvalue weighted by Gasteiger charge is -2.32. The molecule has 1 aliphatic heterocycles. The third kappa shape index (κ3) is 6.74. The number of ether oxygens (including phenoxy) is 3. The van der Waals surface area contributed by atoms with E-state index in [-0.39, 0.29) is 24.1 Å². The Kier molecular flexibility index (Phi) is 9.16. The smallest absolute Gasteiger partial charge is 0.287 e. The standard InChI is InChI=1S/C28H30FN3O7/c1-36-22-11-10-18(14-24(22)37-2)26(28(35)30-16-21-8-4-12-38-21)32(20-7-3-6-19(29)15-20)25(33)17-31-27(34)23-9-5-13-39-23/h3,5-7,9-11,13-15,21,26H,4,8,12,16-17H2,1-2H3,(H,30,35)(H,31,34)/t21-,26+/m1/s1. The number of rotatable bonds is 11. The van der Waals surface area contributed by atoms with Crippen LogP contribution >= 0.6 is 0 Å². The van der Waals surface area contributed by atoms with E-state index >= 15 is 0 Å². The van der Waals surface area contributed by atoms with Gasteiger partial charge >= 0.3 is 0 Å². The van der Waals surface area contributed by atoms with Crippen molar-refractivity contribution in [1.82, 2.24) is 10.6 Å². The van der Waals surface area contributed by atoms with Gasteiger partial charge in [0.2, 0.25) is 11.8 Å². The summed E-state index contributed by atoms with van der Waals surface area (Å²) in [7, 11) is 2.93. The number of halogens is 1. The van der Waals surface area contributed by atoms with E-state index < -0.39 is 36.1 Å². The Balaban J connectivity index is 1.71. The van der Waals surface area contributed by atoms with Crippen molar-refractivity contribution < 1.29 is 37.4 Å². The molecule has 2 aromatic carbocycles. The van der Waals surface area contributed by atoms with E-state index in [1.807, 2.05) is 0 Å². The van der Waals surface area contributed by atoms with Crippen molar-refractivity contribution in [3.05, 3.63) is 78.0 Å². The molecule has 2 heterocycles. The second-order valence-corrected chi connectivity index (χ2v) is 8.80. The van der Waals surface area contributed by atoms with Crippen molar-refractivity contribution in [1.29, 1.82) is 0 Å². The van der Waals surface area contributed by atoms with E-state index in [0.717, 1.165) is 23.8 Å². The lowest BCUT2D eigenvalue weighted by atomic mass is 10.0. The van der Waals surface area contributed by atoms with Crippen LogP contribution in [0.15, 0.2) is 65.3 Å². The predicted octanol–water partition coefficient (Wildman–Crippen LogP) is 3.24. The van der Waals surface area contributed by atoms with E-state index in [1.165, 1.54) is 44.7 Å². The van der Waals surface area contributed by atoms with Crippen molar-refractivity contribution in [2.75, 3.05) is 38.8 Å². The average Bonchev–Trinajstić information content (AvgIpc) is 3.68. The van der Waals surface area contributed by atoms with Crippen molar-refractivity contribution in [3.8, 4) is 11.5 Å². The first kappa shape index (κ1) is 27.6. The van der Waals surface area contributed by atoms with Crippen LogP contribution < -0.4 is 25.0 Å². The number of nitrogens with one attached hydrogen (secondary N) is 2. The molecule has 4 rings (SSSR count). The highest BCUT2D eigenvalue weighted by Crippen LogP contribution is 2.34. The zero-order chi connectivity index (χ0) is 27.8. The molecule has 0 aliphatic carbocycles. The molecule has 206 valence electrons. The largest absolute Gasteiger partial charge is 0.493 e. The van der Waals surface area contributed by atoms with Gasteiger partial charge in [-0.15, -0.1) is 0 Å². The molecule has 1 fully saturated rings. The molecule has 0 spiro atoms. The maximum absolute atomic E-state index is 14.4. The lowest BCUT2D eigenvalue weighted by Crippen LogP contribution is -2.48.